The summed E-state index contributed by atoms with van der Waals surface area (Å²) in [4.78, 5) is 62.3. The van der Waals surface area contributed by atoms with E-state index in [9.17, 15) is 50.3 Å². The highest BCUT2D eigenvalue weighted by Crippen LogP contribution is 2.35. The van der Waals surface area contributed by atoms with Crippen LogP contribution >= 0.6 is 0 Å². The molecule has 2 aromatic carbocycles. The minimum absolute atomic E-state index is 0.0109. The lowest BCUT2D eigenvalue weighted by atomic mass is 10.0. The number of ether oxygens (including phenoxy) is 1. The first-order chi connectivity index (χ1) is 24.1. The zero-order valence-electron chi connectivity index (χ0n) is 29.1. The number of nitrogens with zero attached hydrogens (tertiary/aromatic N) is 1. The average Bonchev–Trinajstić information content (AvgIpc) is 3.00. The summed E-state index contributed by atoms with van der Waals surface area (Å²) >= 11 is 0. The molecule has 0 saturated carbocycles. The molecule has 0 aliphatic carbocycles. The molecule has 53 heavy (non-hydrogen) atoms. The number of hydrogen-bond acceptors (Lipinski definition) is 9. The summed E-state index contributed by atoms with van der Waals surface area (Å²) in [7, 11) is -1.17. The average molecular weight is 787 g/mol. The van der Waals surface area contributed by atoms with Gasteiger partial charge in [-0.25, -0.2) is 8.42 Å². The summed E-state index contributed by atoms with van der Waals surface area (Å²) in [5, 5.41) is 10.0. The summed E-state index contributed by atoms with van der Waals surface area (Å²) < 4.78 is 102. The normalized spacial score (nSPS) is 13.1. The first-order valence-corrected chi connectivity index (χ1v) is 16.7. The molecule has 296 valence electrons. The first-order valence-electron chi connectivity index (χ1n) is 15.3. The summed E-state index contributed by atoms with van der Waals surface area (Å²) in [6.45, 7) is 2.77. The van der Waals surface area contributed by atoms with E-state index in [1.165, 1.54) is 12.1 Å². The minimum Gasteiger partial charge on any atom is -0.741 e. The number of quaternary nitrogens is 1. The van der Waals surface area contributed by atoms with Crippen LogP contribution in [0.4, 0.5) is 32.0 Å². The van der Waals surface area contributed by atoms with E-state index in [0.717, 1.165) is 11.6 Å². The molecule has 0 aliphatic heterocycles. The van der Waals surface area contributed by atoms with Crippen LogP contribution in [-0.2, 0) is 35.7 Å². The lowest BCUT2D eigenvalue weighted by Crippen LogP contribution is -2.51. The van der Waals surface area contributed by atoms with Crippen LogP contribution in [-0.4, -0.2) is 101 Å². The molecule has 2 rings (SSSR count). The maximum absolute atomic E-state index is 13.1. The van der Waals surface area contributed by atoms with E-state index in [-0.39, 0.29) is 35.1 Å². The zero-order valence-corrected chi connectivity index (χ0v) is 29.9. The van der Waals surface area contributed by atoms with Gasteiger partial charge in [0.15, 0.2) is 21.6 Å². The molecule has 0 radical (unpaired) electrons. The Morgan fingerprint density at radius 1 is 0.887 bits per heavy atom. The highest BCUT2D eigenvalue weighted by molar-refractivity contribution is 7.86. The lowest BCUT2D eigenvalue weighted by Gasteiger charge is -2.26. The van der Waals surface area contributed by atoms with Gasteiger partial charge in [-0.05, 0) is 23.6 Å². The third-order valence-electron chi connectivity index (χ3n) is 6.71. The van der Waals surface area contributed by atoms with Crippen molar-refractivity contribution >= 4 is 45.3 Å². The van der Waals surface area contributed by atoms with Crippen molar-refractivity contribution in [3.8, 4) is 5.75 Å². The van der Waals surface area contributed by atoms with Gasteiger partial charge >= 0.3 is 11.9 Å². The maximum atomic E-state index is 13.1. The van der Waals surface area contributed by atoms with Gasteiger partial charge in [-0.3, -0.25) is 28.5 Å². The van der Waals surface area contributed by atoms with Gasteiger partial charge in [-0.15, -0.1) is 13.2 Å². The topological polar surface area (TPSA) is 226 Å². The quantitative estimate of drug-likeness (QED) is 0.0761. The van der Waals surface area contributed by atoms with Gasteiger partial charge < -0.3 is 36.3 Å². The van der Waals surface area contributed by atoms with E-state index >= 15 is 0 Å². The van der Waals surface area contributed by atoms with Crippen LogP contribution < -0.4 is 36.2 Å². The molecule has 0 aliphatic rings. The molecular weight excluding hydrogens is 746 g/mol. The van der Waals surface area contributed by atoms with Crippen molar-refractivity contribution < 1.29 is 68.0 Å². The van der Waals surface area contributed by atoms with Crippen LogP contribution in [0.5, 0.6) is 5.75 Å². The molecule has 2 aromatic rings. The SMILES string of the molecule is CC(C)[C@H](NC(=O)c1ccc([N+](C)(C)C)c(OC(F)(F)F)c1)C(=O)NCCC(=O)N[C@@H](Cc1ccccc1)C(=O)NCC(N)=O.O=S(=O)([O-])C(F)(F)F. The summed E-state index contributed by atoms with van der Waals surface area (Å²) in [6.07, 6.45) is -5.07. The third kappa shape index (κ3) is 16.9. The summed E-state index contributed by atoms with van der Waals surface area (Å²) in [5.41, 5.74) is 0.230. The Kier molecular flexibility index (Phi) is 16.7. The van der Waals surface area contributed by atoms with Crippen molar-refractivity contribution in [2.45, 2.75) is 50.6 Å². The number of carbonyl (C=O) groups excluding carboxylic acids is 5. The van der Waals surface area contributed by atoms with Gasteiger partial charge in [0.05, 0.1) is 27.7 Å². The summed E-state index contributed by atoms with van der Waals surface area (Å²) in [5.74, 6) is -4.33. The van der Waals surface area contributed by atoms with Gasteiger partial charge in [0.25, 0.3) is 5.91 Å². The number of halogens is 6. The minimum atomic E-state index is -6.09. The number of alkyl halides is 6. The fraction of sp³-hybridized carbons (Fsp3) is 0.452. The fourth-order valence-corrected chi connectivity index (χ4v) is 4.21. The van der Waals surface area contributed by atoms with Crippen molar-refractivity contribution in [1.82, 2.24) is 25.8 Å². The molecule has 2 atom stereocenters. The smallest absolute Gasteiger partial charge is 0.573 e. The lowest BCUT2D eigenvalue weighted by molar-refractivity contribution is -0.274. The van der Waals surface area contributed by atoms with E-state index in [1.807, 2.05) is 0 Å². The van der Waals surface area contributed by atoms with Crippen LogP contribution in [0.15, 0.2) is 48.5 Å². The predicted octanol–water partition coefficient (Wildman–Crippen LogP) is 1.42. The van der Waals surface area contributed by atoms with Crippen LogP contribution in [0.25, 0.3) is 0 Å². The monoisotopic (exact) mass is 786 g/mol. The van der Waals surface area contributed by atoms with Gasteiger partial charge in [-0.2, -0.15) is 13.2 Å². The molecular formula is C31H40F6N6O9S. The van der Waals surface area contributed by atoms with Crippen molar-refractivity contribution in [3.05, 3.63) is 59.7 Å². The van der Waals surface area contributed by atoms with Crippen molar-refractivity contribution in [1.29, 1.82) is 0 Å². The fourth-order valence-electron chi connectivity index (χ4n) is 4.21. The largest absolute Gasteiger partial charge is 0.741 e. The molecule has 0 aromatic heterocycles. The van der Waals surface area contributed by atoms with E-state index in [1.54, 1.807) is 65.3 Å². The Morgan fingerprint density at radius 3 is 1.92 bits per heavy atom. The van der Waals surface area contributed by atoms with Gasteiger partial charge in [0.1, 0.15) is 12.1 Å². The second kappa shape index (κ2) is 19.2. The number of hydrogen-bond donors (Lipinski definition) is 5. The number of benzene rings is 2. The molecule has 0 heterocycles. The Labute approximate surface area is 300 Å². The Bertz CT molecular complexity index is 1700. The van der Waals surface area contributed by atoms with Crippen LogP contribution in [0.2, 0.25) is 0 Å². The molecule has 0 fully saturated rings. The van der Waals surface area contributed by atoms with Crippen molar-refractivity contribution in [3.63, 3.8) is 0 Å². The third-order valence-corrected chi connectivity index (χ3v) is 7.28. The number of primary amides is 1. The highest BCUT2D eigenvalue weighted by atomic mass is 32.2. The number of amides is 5. The van der Waals surface area contributed by atoms with Crippen molar-refractivity contribution in [2.75, 3.05) is 34.2 Å². The predicted molar refractivity (Wildman–Crippen MR) is 176 cm³/mol. The molecule has 6 N–H and O–H groups in total. The first kappa shape index (κ1) is 46.1. The maximum Gasteiger partial charge on any atom is 0.573 e. The molecule has 0 bridgehead atoms. The van der Waals surface area contributed by atoms with E-state index in [2.05, 4.69) is 26.0 Å². The van der Waals surface area contributed by atoms with E-state index < -0.39 is 81.8 Å². The van der Waals surface area contributed by atoms with Gasteiger partial charge in [0, 0.05) is 31.0 Å². The number of nitrogens with two attached hydrogens (primary N) is 1. The number of nitrogens with one attached hydrogen (secondary N) is 4. The van der Waals surface area contributed by atoms with Crippen LogP contribution in [0.3, 0.4) is 0 Å². The van der Waals surface area contributed by atoms with Crippen LogP contribution in [0, 0.1) is 5.92 Å². The Morgan fingerprint density at radius 2 is 1.45 bits per heavy atom. The summed E-state index contributed by atoms with van der Waals surface area (Å²) in [6, 6.07) is 10.4. The van der Waals surface area contributed by atoms with E-state index in [4.69, 9.17) is 18.7 Å². The van der Waals surface area contributed by atoms with Gasteiger partial charge in [-0.1, -0.05) is 44.2 Å². The van der Waals surface area contributed by atoms with Gasteiger partial charge in [0.2, 0.25) is 23.6 Å². The zero-order chi connectivity index (χ0) is 40.9. The Balaban J connectivity index is 0.00000156. The van der Waals surface area contributed by atoms with Crippen molar-refractivity contribution in [2.24, 2.45) is 11.7 Å². The second-order valence-corrected chi connectivity index (χ2v) is 13.7. The Hall–Kier alpha value is -4.96. The molecule has 22 heteroatoms. The second-order valence-electron chi connectivity index (χ2n) is 12.4. The molecule has 15 nitrogen and oxygen atoms in total. The standard InChI is InChI=1S/C30H39F3N6O6.CHF3O3S/c1-18(2)26(38-27(42)20-11-12-22(39(3,4)5)23(16-20)45-30(31,32)33)29(44)35-14-13-25(41)37-21(28(43)36-17-24(34)40)15-19-9-7-6-8-10-19;2-1(3,4)8(5,6)7/h6-12,16,18,21,26H,13-15,17H2,1-5H3,(H5-,34,35,36,37,38,40,41,42,43,44);(H,5,6,7)/t21-,26-;/m0./s1. The molecule has 5 amide bonds. The van der Waals surface area contributed by atoms with E-state index in [0.29, 0.717) is 0 Å². The molecule has 0 spiro atoms. The van der Waals surface area contributed by atoms with Crippen LogP contribution in [0.1, 0.15) is 36.2 Å². The molecule has 0 unspecified atom stereocenters. The molecule has 0 saturated heterocycles. The number of rotatable bonds is 15. The number of carbonyl (C=O) groups is 5. The highest BCUT2D eigenvalue weighted by Gasteiger charge is 2.37.